The Hall–Kier alpha value is 0.331. The van der Waals surface area contributed by atoms with Crippen LogP contribution in [0.1, 0.15) is 26.7 Å². The first kappa shape index (κ1) is 28.5. The highest BCUT2D eigenvalue weighted by molar-refractivity contribution is 6.83. The highest BCUT2D eigenvalue weighted by Crippen LogP contribution is 2.30. The van der Waals surface area contributed by atoms with Crippen LogP contribution in [-0.4, -0.2) is 66.9 Å². The average Bonchev–Trinajstić information content (AvgIpc) is 2.63. The van der Waals surface area contributed by atoms with Crippen molar-refractivity contribution in [2.45, 2.75) is 57.9 Å². The van der Waals surface area contributed by atoms with E-state index in [1.165, 1.54) is 0 Å². The van der Waals surface area contributed by atoms with Crippen LogP contribution in [0.3, 0.4) is 0 Å². The van der Waals surface area contributed by atoms with E-state index in [1.54, 1.807) is 21.3 Å². The molecular weight excluding hydrogens is 386 g/mol. The lowest BCUT2D eigenvalue weighted by atomic mass is 10.5. The summed E-state index contributed by atoms with van der Waals surface area (Å²) in [5, 5.41) is 0. The minimum Gasteiger partial charge on any atom is -0.398 e. The Kier molecular flexibility index (Phi) is 15.7. The van der Waals surface area contributed by atoms with Gasteiger partial charge in [-0.1, -0.05) is 7.43 Å². The zero-order chi connectivity index (χ0) is 19.4. The van der Waals surface area contributed by atoms with Crippen molar-refractivity contribution in [3.05, 3.63) is 0 Å². The number of hydrogen-bond acceptors (Lipinski definition) is 5. The smallest absolute Gasteiger partial charge is 0.398 e. The van der Waals surface area contributed by atoms with Gasteiger partial charge in [-0.15, -0.1) is 0 Å². The normalized spacial score (nSPS) is 18.5. The van der Waals surface area contributed by atoms with Crippen LogP contribution in [0.5, 0.6) is 0 Å². The van der Waals surface area contributed by atoms with Crippen LogP contribution >= 0.6 is 0 Å². The summed E-state index contributed by atoms with van der Waals surface area (Å²) in [4.78, 5) is 0. The van der Waals surface area contributed by atoms with Gasteiger partial charge in [0.05, 0.1) is 19.6 Å². The van der Waals surface area contributed by atoms with Crippen molar-refractivity contribution in [2.75, 3.05) is 41.0 Å². The molecule has 9 N–H and O–H groups in total. The summed E-state index contributed by atoms with van der Waals surface area (Å²) in [5.74, 6) is 0. The molecule has 0 radical (unpaired) electrons. The zero-order valence-corrected chi connectivity index (χ0v) is 20.0. The van der Waals surface area contributed by atoms with E-state index in [-0.39, 0.29) is 7.43 Å². The van der Waals surface area contributed by atoms with Crippen LogP contribution in [0, 0.1) is 0 Å². The second-order valence-corrected chi connectivity index (χ2v) is 16.9. The third kappa shape index (κ3) is 10.0. The third-order valence-corrected chi connectivity index (χ3v) is 16.2. The molecule has 0 spiro atoms. The first-order chi connectivity index (χ1) is 11.8. The molecule has 0 aromatic rings. The van der Waals surface area contributed by atoms with Gasteiger partial charge >= 0.3 is 25.9 Å². The van der Waals surface area contributed by atoms with Gasteiger partial charge in [-0.25, -0.2) is 0 Å². The standard InChI is InChI=1S/C14H39N3O5Si3.CH4/c1-18-23(4,12-6-9-15)21-25(20-3,14-8-11-17)22-24(5,19-2)13-7-10-16;/h6-17H2,1-5H3;1H4/p+3. The Labute approximate surface area is 163 Å². The van der Waals surface area contributed by atoms with Gasteiger partial charge in [-0.3, -0.25) is 0 Å². The third-order valence-electron chi connectivity index (χ3n) is 4.41. The van der Waals surface area contributed by atoms with Crippen LogP contribution in [0.4, 0.5) is 0 Å². The first-order valence-electron chi connectivity index (χ1n) is 9.21. The lowest BCUT2D eigenvalue weighted by Crippen LogP contribution is -2.62. The van der Waals surface area contributed by atoms with E-state index in [9.17, 15) is 0 Å². The van der Waals surface area contributed by atoms with E-state index in [1.807, 2.05) is 0 Å². The van der Waals surface area contributed by atoms with E-state index >= 15 is 0 Å². The Morgan fingerprint density at radius 2 is 0.962 bits per heavy atom. The second-order valence-electron chi connectivity index (χ2n) is 6.64. The molecule has 0 bridgehead atoms. The van der Waals surface area contributed by atoms with Crippen LogP contribution in [0.2, 0.25) is 31.2 Å². The summed E-state index contributed by atoms with van der Waals surface area (Å²) in [5.41, 5.74) is 11.8. The number of quaternary nitrogens is 3. The fraction of sp³-hybridized carbons (Fsp3) is 1.00. The Morgan fingerprint density at radius 3 is 1.23 bits per heavy atom. The summed E-state index contributed by atoms with van der Waals surface area (Å²) in [6, 6.07) is 2.49. The number of rotatable bonds is 16. The molecule has 0 saturated heterocycles. The maximum atomic E-state index is 6.60. The molecule has 0 aliphatic heterocycles. The molecule has 160 valence electrons. The molecule has 26 heavy (non-hydrogen) atoms. The summed E-state index contributed by atoms with van der Waals surface area (Å²) in [6.07, 6.45) is 2.84. The topological polar surface area (TPSA) is 129 Å². The van der Waals surface area contributed by atoms with Crippen LogP contribution in [0.15, 0.2) is 0 Å². The van der Waals surface area contributed by atoms with Crippen LogP contribution in [-0.2, 0) is 21.5 Å². The second kappa shape index (κ2) is 14.3. The quantitative estimate of drug-likeness (QED) is 0.285. The van der Waals surface area contributed by atoms with E-state index in [4.69, 9.17) is 21.5 Å². The molecule has 0 aliphatic carbocycles. The van der Waals surface area contributed by atoms with Crippen molar-refractivity contribution in [3.8, 4) is 0 Å². The van der Waals surface area contributed by atoms with Crippen LogP contribution < -0.4 is 17.2 Å². The summed E-state index contributed by atoms with van der Waals surface area (Å²) in [6.45, 7) is 6.71. The van der Waals surface area contributed by atoms with Crippen molar-refractivity contribution >= 4 is 25.9 Å². The van der Waals surface area contributed by atoms with Gasteiger partial charge in [-0.2, -0.15) is 0 Å². The van der Waals surface area contributed by atoms with E-state index in [0.29, 0.717) is 0 Å². The highest BCUT2D eigenvalue weighted by atomic mass is 28.5. The number of hydrogen-bond donors (Lipinski definition) is 3. The van der Waals surface area contributed by atoms with Gasteiger partial charge in [-0.05, 0) is 38.0 Å². The zero-order valence-electron chi connectivity index (χ0n) is 17.0. The predicted molar refractivity (Wildman–Crippen MR) is 110 cm³/mol. The molecule has 0 aromatic carbocycles. The average molecular weight is 433 g/mol. The van der Waals surface area contributed by atoms with Gasteiger partial charge in [0.15, 0.2) is 0 Å². The van der Waals surface area contributed by atoms with Gasteiger partial charge in [0.2, 0.25) is 0 Å². The Bertz CT molecular complexity index is 336. The van der Waals surface area contributed by atoms with Gasteiger partial charge < -0.3 is 38.7 Å². The molecule has 8 nitrogen and oxygen atoms in total. The molecule has 0 aromatic heterocycles. The minimum absolute atomic E-state index is 0. The fourth-order valence-corrected chi connectivity index (χ4v) is 14.4. The van der Waals surface area contributed by atoms with Crippen molar-refractivity contribution in [3.63, 3.8) is 0 Å². The SMILES string of the molecule is C.CO[Si](C)(CCC[NH3+])O[Si](CCC[NH3+])(OC)O[Si](C)(CCC[NH3+])OC. The van der Waals surface area contributed by atoms with Crippen LogP contribution in [0.25, 0.3) is 0 Å². The summed E-state index contributed by atoms with van der Waals surface area (Å²) in [7, 11) is -2.55. The predicted octanol–water partition coefficient (Wildman–Crippen LogP) is -0.426. The lowest BCUT2D eigenvalue weighted by Gasteiger charge is -2.40. The molecule has 0 fully saturated rings. The van der Waals surface area contributed by atoms with Crippen molar-refractivity contribution in [2.24, 2.45) is 0 Å². The molecule has 0 rings (SSSR count). The van der Waals surface area contributed by atoms with Crippen molar-refractivity contribution in [1.82, 2.24) is 0 Å². The molecule has 2 atom stereocenters. The van der Waals surface area contributed by atoms with Gasteiger partial charge in [0, 0.05) is 33.8 Å². The maximum Gasteiger partial charge on any atom is 0.483 e. The molecule has 11 heteroatoms. The van der Waals surface area contributed by atoms with E-state index in [0.717, 1.165) is 57.0 Å². The minimum atomic E-state index is -2.91. The highest BCUT2D eigenvalue weighted by Gasteiger charge is 2.52. The van der Waals surface area contributed by atoms with Crippen molar-refractivity contribution in [1.29, 1.82) is 0 Å². The molecule has 0 saturated carbocycles. The largest absolute Gasteiger partial charge is 0.483 e. The molecule has 0 amide bonds. The van der Waals surface area contributed by atoms with Gasteiger partial charge in [0.25, 0.3) is 0 Å². The monoisotopic (exact) mass is 432 g/mol. The molecule has 0 heterocycles. The molecule has 0 aliphatic rings. The lowest BCUT2D eigenvalue weighted by molar-refractivity contribution is -0.368. The van der Waals surface area contributed by atoms with E-state index in [2.05, 4.69) is 30.3 Å². The fourth-order valence-electron chi connectivity index (χ4n) is 2.59. The summed E-state index contributed by atoms with van der Waals surface area (Å²) >= 11 is 0. The Morgan fingerprint density at radius 1 is 0.615 bits per heavy atom. The van der Waals surface area contributed by atoms with Gasteiger partial charge in [0.1, 0.15) is 0 Å². The maximum absolute atomic E-state index is 6.60. The molecule has 2 unspecified atom stereocenters. The Balaban J connectivity index is 0. The molecular formula is C15H46N3O5Si3+3. The van der Waals surface area contributed by atoms with Crippen molar-refractivity contribution < 1.29 is 38.7 Å². The summed E-state index contributed by atoms with van der Waals surface area (Å²) < 4.78 is 30.8. The first-order valence-corrected chi connectivity index (χ1v) is 16.2. The van der Waals surface area contributed by atoms with E-state index < -0.39 is 25.9 Å².